The van der Waals surface area contributed by atoms with Crippen LogP contribution in [0.25, 0.3) is 10.9 Å². The van der Waals surface area contributed by atoms with Gasteiger partial charge in [0.25, 0.3) is 0 Å². The summed E-state index contributed by atoms with van der Waals surface area (Å²) in [4.78, 5) is 11.1. The number of fused-ring (bicyclic) bond motifs is 3. The average Bonchev–Trinajstić information content (AvgIpc) is 2.64. The summed E-state index contributed by atoms with van der Waals surface area (Å²) in [6, 6.07) is 8.19. The first-order valence-electron chi connectivity index (χ1n) is 6.47. The van der Waals surface area contributed by atoms with Gasteiger partial charge in [0.05, 0.1) is 18.7 Å². The van der Waals surface area contributed by atoms with Crippen molar-refractivity contribution in [2.75, 3.05) is 6.61 Å². The molecule has 1 atom stereocenters. The highest BCUT2D eigenvalue weighted by Crippen LogP contribution is 2.39. The van der Waals surface area contributed by atoms with Gasteiger partial charge in [-0.2, -0.15) is 0 Å². The number of benzene rings is 1. The molecule has 0 fully saturated rings. The maximum Gasteiger partial charge on any atom is 0.306 e. The summed E-state index contributed by atoms with van der Waals surface area (Å²) in [5.41, 5.74) is 2.55. The van der Waals surface area contributed by atoms with Gasteiger partial charge in [-0.3, -0.25) is 4.79 Å². The molecule has 1 N–H and O–H groups in total. The van der Waals surface area contributed by atoms with Gasteiger partial charge in [-0.05, 0) is 25.5 Å². The topological polar surface area (TPSA) is 51.5 Å². The van der Waals surface area contributed by atoms with E-state index in [1.165, 1.54) is 5.39 Å². The Morgan fingerprint density at radius 2 is 2.21 bits per heavy atom. The van der Waals surface area contributed by atoms with Crippen molar-refractivity contribution in [2.24, 2.45) is 0 Å². The molecule has 1 aromatic carbocycles. The minimum Gasteiger partial charge on any atom is -0.481 e. The SMILES string of the molecule is Cc1c2n(c3ccccc13)CCOC2(C)CC(=O)O. The molecule has 0 bridgehead atoms. The quantitative estimate of drug-likeness (QED) is 0.902. The maximum atomic E-state index is 11.1. The van der Waals surface area contributed by atoms with Gasteiger partial charge in [0.2, 0.25) is 0 Å². The van der Waals surface area contributed by atoms with Gasteiger partial charge in [0, 0.05) is 17.4 Å². The summed E-state index contributed by atoms with van der Waals surface area (Å²) < 4.78 is 8.02. The molecule has 0 radical (unpaired) electrons. The van der Waals surface area contributed by atoms with Crippen molar-refractivity contribution >= 4 is 16.9 Å². The molecule has 0 spiro atoms. The van der Waals surface area contributed by atoms with Gasteiger partial charge < -0.3 is 14.4 Å². The molecular weight excluding hydrogens is 242 g/mol. The number of ether oxygens (including phenoxy) is 1. The van der Waals surface area contributed by atoms with Crippen LogP contribution in [0, 0.1) is 6.92 Å². The van der Waals surface area contributed by atoms with Crippen molar-refractivity contribution < 1.29 is 14.6 Å². The summed E-state index contributed by atoms with van der Waals surface area (Å²) >= 11 is 0. The third-order valence-electron chi connectivity index (χ3n) is 3.95. The monoisotopic (exact) mass is 259 g/mol. The largest absolute Gasteiger partial charge is 0.481 e. The van der Waals surface area contributed by atoms with Crippen LogP contribution in [0.4, 0.5) is 0 Å². The zero-order chi connectivity index (χ0) is 13.6. The number of rotatable bonds is 2. The van der Waals surface area contributed by atoms with E-state index in [4.69, 9.17) is 9.84 Å². The van der Waals surface area contributed by atoms with E-state index in [1.54, 1.807) is 0 Å². The molecule has 4 nitrogen and oxygen atoms in total. The van der Waals surface area contributed by atoms with Crippen molar-refractivity contribution in [1.29, 1.82) is 0 Å². The van der Waals surface area contributed by atoms with Crippen molar-refractivity contribution in [3.05, 3.63) is 35.5 Å². The zero-order valence-corrected chi connectivity index (χ0v) is 11.1. The van der Waals surface area contributed by atoms with Crippen LogP contribution in [-0.4, -0.2) is 22.2 Å². The Morgan fingerprint density at radius 1 is 1.47 bits per heavy atom. The van der Waals surface area contributed by atoms with E-state index in [2.05, 4.69) is 16.7 Å². The third kappa shape index (κ3) is 1.75. The molecule has 1 aromatic heterocycles. The van der Waals surface area contributed by atoms with Crippen molar-refractivity contribution in [2.45, 2.75) is 32.4 Å². The summed E-state index contributed by atoms with van der Waals surface area (Å²) in [7, 11) is 0. The van der Waals surface area contributed by atoms with Crippen molar-refractivity contribution in [3.8, 4) is 0 Å². The molecule has 1 aliphatic heterocycles. The van der Waals surface area contributed by atoms with E-state index in [1.807, 2.05) is 26.0 Å². The van der Waals surface area contributed by atoms with Gasteiger partial charge in [-0.25, -0.2) is 0 Å². The first-order valence-corrected chi connectivity index (χ1v) is 6.47. The number of carbonyl (C=O) groups is 1. The molecule has 1 aliphatic rings. The van der Waals surface area contributed by atoms with E-state index in [9.17, 15) is 4.79 Å². The van der Waals surface area contributed by atoms with Gasteiger partial charge in [-0.15, -0.1) is 0 Å². The molecule has 4 heteroatoms. The normalized spacial score (nSPS) is 22.4. The zero-order valence-electron chi connectivity index (χ0n) is 11.1. The van der Waals surface area contributed by atoms with E-state index < -0.39 is 11.6 Å². The first-order chi connectivity index (χ1) is 9.03. The Kier molecular flexibility index (Phi) is 2.64. The molecular formula is C15H17NO3. The number of carboxylic acid groups (broad SMARTS) is 1. The lowest BCUT2D eigenvalue weighted by Crippen LogP contribution is -2.37. The number of aromatic nitrogens is 1. The Balaban J connectivity index is 2.27. The second kappa shape index (κ2) is 4.10. The number of aliphatic carboxylic acids is 1. The molecule has 19 heavy (non-hydrogen) atoms. The average molecular weight is 259 g/mol. The van der Waals surface area contributed by atoms with Gasteiger partial charge in [-0.1, -0.05) is 18.2 Å². The van der Waals surface area contributed by atoms with E-state index in [0.29, 0.717) is 6.61 Å². The number of nitrogens with zero attached hydrogens (tertiary/aromatic N) is 1. The lowest BCUT2D eigenvalue weighted by atomic mass is 9.93. The molecule has 0 aliphatic carbocycles. The second-order valence-electron chi connectivity index (χ2n) is 5.29. The molecule has 2 heterocycles. The van der Waals surface area contributed by atoms with E-state index in [0.717, 1.165) is 23.3 Å². The highest BCUT2D eigenvalue weighted by molar-refractivity contribution is 5.86. The predicted molar refractivity (Wildman–Crippen MR) is 72.2 cm³/mol. The molecule has 0 amide bonds. The van der Waals surface area contributed by atoms with Crippen LogP contribution in [-0.2, 0) is 21.7 Å². The molecule has 3 rings (SSSR count). The number of aryl methyl sites for hydroxylation is 1. The van der Waals surface area contributed by atoms with Gasteiger partial charge in [0.15, 0.2) is 0 Å². The number of carboxylic acids is 1. The summed E-state index contributed by atoms with van der Waals surface area (Å²) in [6.07, 6.45) is -0.00976. The Morgan fingerprint density at radius 3 is 2.95 bits per heavy atom. The Hall–Kier alpha value is -1.81. The number of hydrogen-bond donors (Lipinski definition) is 1. The molecule has 0 saturated heterocycles. The maximum absolute atomic E-state index is 11.1. The number of para-hydroxylation sites is 1. The minimum atomic E-state index is -0.833. The Labute approximate surface area is 111 Å². The summed E-state index contributed by atoms with van der Waals surface area (Å²) in [5.74, 6) is -0.833. The van der Waals surface area contributed by atoms with Crippen LogP contribution >= 0.6 is 0 Å². The molecule has 0 saturated carbocycles. The van der Waals surface area contributed by atoms with Crippen LogP contribution < -0.4 is 0 Å². The van der Waals surface area contributed by atoms with Crippen LogP contribution in [0.3, 0.4) is 0 Å². The van der Waals surface area contributed by atoms with E-state index in [-0.39, 0.29) is 6.42 Å². The Bertz CT molecular complexity index is 659. The smallest absolute Gasteiger partial charge is 0.306 e. The molecule has 1 unspecified atom stereocenters. The van der Waals surface area contributed by atoms with E-state index >= 15 is 0 Å². The minimum absolute atomic E-state index is 0.00976. The molecule has 2 aromatic rings. The van der Waals surface area contributed by atoms with Crippen molar-refractivity contribution in [1.82, 2.24) is 4.57 Å². The second-order valence-corrected chi connectivity index (χ2v) is 5.29. The van der Waals surface area contributed by atoms with Crippen LogP contribution in [0.15, 0.2) is 24.3 Å². The fourth-order valence-electron chi connectivity index (χ4n) is 3.24. The standard InChI is InChI=1S/C15H17NO3/c1-10-11-5-3-4-6-12(11)16-7-8-19-15(2,14(10)16)9-13(17)18/h3-6H,7-9H2,1-2H3,(H,17,18). The van der Waals surface area contributed by atoms with Crippen molar-refractivity contribution in [3.63, 3.8) is 0 Å². The van der Waals surface area contributed by atoms with Gasteiger partial charge in [0.1, 0.15) is 5.60 Å². The highest BCUT2D eigenvalue weighted by atomic mass is 16.5. The first kappa shape index (κ1) is 12.2. The van der Waals surface area contributed by atoms with Crippen LogP contribution in [0.5, 0.6) is 0 Å². The lowest BCUT2D eigenvalue weighted by molar-refractivity contribution is -0.147. The molecule has 100 valence electrons. The summed E-state index contributed by atoms with van der Waals surface area (Å²) in [5, 5.41) is 10.3. The fourth-order valence-corrected chi connectivity index (χ4v) is 3.24. The fraction of sp³-hybridized carbons (Fsp3) is 0.400. The predicted octanol–water partition coefficient (Wildman–Crippen LogP) is 2.67. The highest BCUT2D eigenvalue weighted by Gasteiger charge is 2.38. The van der Waals surface area contributed by atoms with Gasteiger partial charge >= 0.3 is 5.97 Å². The number of hydrogen-bond acceptors (Lipinski definition) is 2. The summed E-state index contributed by atoms with van der Waals surface area (Å²) in [6.45, 7) is 5.24. The lowest BCUT2D eigenvalue weighted by Gasteiger charge is -2.35. The third-order valence-corrected chi connectivity index (χ3v) is 3.95. The van der Waals surface area contributed by atoms with Crippen LogP contribution in [0.1, 0.15) is 24.6 Å². The van der Waals surface area contributed by atoms with Crippen LogP contribution in [0.2, 0.25) is 0 Å².